The van der Waals surface area contributed by atoms with Crippen LogP contribution in [0.3, 0.4) is 0 Å². The Balaban J connectivity index is 1.76. The third kappa shape index (κ3) is 2.75. The number of imidazole rings is 1. The molecule has 1 aromatic heterocycles. The van der Waals surface area contributed by atoms with Gasteiger partial charge >= 0.3 is 11.9 Å². The third-order valence-corrected chi connectivity index (χ3v) is 4.91. The lowest BCUT2D eigenvalue weighted by Crippen LogP contribution is -2.32. The molecule has 0 amide bonds. The molecule has 1 fully saturated rings. The van der Waals surface area contributed by atoms with Gasteiger partial charge in [-0.05, 0) is 46.0 Å². The highest BCUT2D eigenvalue weighted by Crippen LogP contribution is 2.55. The molecule has 1 saturated carbocycles. The second-order valence-electron chi connectivity index (χ2n) is 6.31. The highest BCUT2D eigenvalue weighted by atomic mass is 16.6. The van der Waals surface area contributed by atoms with Crippen LogP contribution in [0.1, 0.15) is 44.5 Å². The molecule has 0 aliphatic heterocycles. The van der Waals surface area contributed by atoms with Gasteiger partial charge in [-0.25, -0.2) is 4.98 Å². The summed E-state index contributed by atoms with van der Waals surface area (Å²) in [7, 11) is 0. The summed E-state index contributed by atoms with van der Waals surface area (Å²) < 4.78 is 12.4. The minimum Gasteiger partial charge on any atom is -0.465 e. The van der Waals surface area contributed by atoms with Gasteiger partial charge in [-0.2, -0.15) is 0 Å². The third-order valence-electron chi connectivity index (χ3n) is 4.91. The Hall–Kier alpha value is -1.85. The van der Waals surface area contributed by atoms with Gasteiger partial charge in [0.25, 0.3) is 0 Å². The van der Waals surface area contributed by atoms with Crippen LogP contribution in [0, 0.1) is 11.3 Å². The second-order valence-corrected chi connectivity index (χ2v) is 6.31. The van der Waals surface area contributed by atoms with Crippen LogP contribution in [0.25, 0.3) is 0 Å². The number of carbonyl (C=O) groups is 2. The molecule has 1 atom stereocenters. The number of hydrogen-bond donors (Lipinski definition) is 0. The summed E-state index contributed by atoms with van der Waals surface area (Å²) in [5.41, 5.74) is 1.30. The van der Waals surface area contributed by atoms with Crippen LogP contribution in [0.15, 0.2) is 6.33 Å². The minimum absolute atomic E-state index is 0.0687. The fourth-order valence-electron chi connectivity index (χ4n) is 3.58. The van der Waals surface area contributed by atoms with E-state index in [0.717, 1.165) is 18.5 Å². The van der Waals surface area contributed by atoms with E-state index < -0.39 is 17.4 Å². The van der Waals surface area contributed by atoms with Crippen molar-refractivity contribution in [2.75, 3.05) is 13.2 Å². The summed E-state index contributed by atoms with van der Waals surface area (Å²) in [5.74, 6) is -0.962. The van der Waals surface area contributed by atoms with Crippen LogP contribution in [-0.4, -0.2) is 34.7 Å². The van der Waals surface area contributed by atoms with Crippen LogP contribution in [0.4, 0.5) is 0 Å². The van der Waals surface area contributed by atoms with Crippen LogP contribution in [0.2, 0.25) is 0 Å². The van der Waals surface area contributed by atoms with E-state index in [1.54, 1.807) is 13.8 Å². The van der Waals surface area contributed by atoms with Gasteiger partial charge in [-0.3, -0.25) is 9.59 Å². The van der Waals surface area contributed by atoms with Gasteiger partial charge in [0.1, 0.15) is 0 Å². The average molecular weight is 320 g/mol. The number of rotatable bonds is 6. The van der Waals surface area contributed by atoms with Crippen molar-refractivity contribution in [3.8, 4) is 0 Å². The normalized spacial score (nSPS) is 21.4. The first kappa shape index (κ1) is 16.0. The largest absolute Gasteiger partial charge is 0.465 e. The Morgan fingerprint density at radius 1 is 1.22 bits per heavy atom. The quantitative estimate of drug-likeness (QED) is 0.591. The number of aromatic nitrogens is 2. The van der Waals surface area contributed by atoms with E-state index in [4.69, 9.17) is 9.47 Å². The molecule has 6 heteroatoms. The van der Waals surface area contributed by atoms with Crippen molar-refractivity contribution in [3.63, 3.8) is 0 Å². The molecule has 1 heterocycles. The smallest absolute Gasteiger partial charge is 0.323 e. The zero-order valence-electron chi connectivity index (χ0n) is 13.8. The van der Waals surface area contributed by atoms with E-state index in [2.05, 4.69) is 9.55 Å². The molecular formula is C17H24N2O4. The molecule has 0 bridgehead atoms. The average Bonchev–Trinajstić information content (AvgIpc) is 3.14. The Morgan fingerprint density at radius 3 is 2.52 bits per heavy atom. The standard InChI is InChI=1S/C17H24N2O4/c1-3-22-15(20)17(16(21)23-4-2)9-12(17)10-19-11-18-13-7-5-6-8-14(13)19/h11-12H,3-10H2,1-2H3/t12-/m1/s1. The molecule has 3 rings (SSSR count). The number of hydrogen-bond acceptors (Lipinski definition) is 5. The Kier molecular flexibility index (Phi) is 4.41. The fourth-order valence-corrected chi connectivity index (χ4v) is 3.58. The summed E-state index contributed by atoms with van der Waals surface area (Å²) >= 11 is 0. The molecule has 23 heavy (non-hydrogen) atoms. The van der Waals surface area contributed by atoms with Crippen molar-refractivity contribution in [2.45, 2.75) is 52.5 Å². The monoisotopic (exact) mass is 320 g/mol. The molecule has 0 spiro atoms. The Bertz CT molecular complexity index is 590. The molecule has 0 N–H and O–H groups in total. The highest BCUT2D eigenvalue weighted by molar-refractivity contribution is 6.03. The first-order valence-electron chi connectivity index (χ1n) is 8.50. The summed E-state index contributed by atoms with van der Waals surface area (Å²) in [4.78, 5) is 29.1. The van der Waals surface area contributed by atoms with Gasteiger partial charge in [-0.15, -0.1) is 0 Å². The summed E-state index contributed by atoms with van der Waals surface area (Å²) in [6, 6.07) is 0. The van der Waals surface area contributed by atoms with Crippen molar-refractivity contribution >= 4 is 11.9 Å². The van der Waals surface area contributed by atoms with Gasteiger partial charge in [0.15, 0.2) is 5.41 Å². The highest BCUT2D eigenvalue weighted by Gasteiger charge is 2.68. The lowest BCUT2D eigenvalue weighted by molar-refractivity contribution is -0.165. The molecule has 0 saturated heterocycles. The molecular weight excluding hydrogens is 296 g/mol. The van der Waals surface area contributed by atoms with Gasteiger partial charge in [0.2, 0.25) is 0 Å². The molecule has 0 radical (unpaired) electrons. The van der Waals surface area contributed by atoms with E-state index in [1.807, 2.05) is 6.33 Å². The maximum absolute atomic E-state index is 12.3. The minimum atomic E-state index is -1.11. The topological polar surface area (TPSA) is 70.4 Å². The molecule has 2 aliphatic carbocycles. The van der Waals surface area contributed by atoms with Crippen LogP contribution in [0.5, 0.6) is 0 Å². The van der Waals surface area contributed by atoms with Crippen molar-refractivity contribution in [1.82, 2.24) is 9.55 Å². The molecule has 126 valence electrons. The first-order chi connectivity index (χ1) is 11.1. The van der Waals surface area contributed by atoms with Crippen LogP contribution < -0.4 is 0 Å². The van der Waals surface area contributed by atoms with Crippen molar-refractivity contribution in [2.24, 2.45) is 11.3 Å². The second kappa shape index (κ2) is 6.34. The van der Waals surface area contributed by atoms with E-state index in [-0.39, 0.29) is 19.1 Å². The molecule has 2 aliphatic rings. The zero-order valence-corrected chi connectivity index (χ0v) is 13.8. The summed E-state index contributed by atoms with van der Waals surface area (Å²) in [5, 5.41) is 0. The van der Waals surface area contributed by atoms with Crippen LogP contribution in [-0.2, 0) is 38.4 Å². The van der Waals surface area contributed by atoms with Gasteiger partial charge in [0, 0.05) is 18.2 Å². The number of aryl methyl sites for hydroxylation is 1. The van der Waals surface area contributed by atoms with Gasteiger partial charge < -0.3 is 14.0 Å². The van der Waals surface area contributed by atoms with Gasteiger partial charge in [0.05, 0.1) is 25.2 Å². The molecule has 0 unspecified atom stereocenters. The number of ether oxygens (including phenoxy) is 2. The summed E-state index contributed by atoms with van der Waals surface area (Å²) in [6.07, 6.45) is 6.74. The van der Waals surface area contributed by atoms with Crippen molar-refractivity contribution < 1.29 is 19.1 Å². The summed E-state index contributed by atoms with van der Waals surface area (Å²) in [6.45, 7) is 4.67. The van der Waals surface area contributed by atoms with E-state index in [0.29, 0.717) is 13.0 Å². The van der Waals surface area contributed by atoms with E-state index >= 15 is 0 Å². The SMILES string of the molecule is CCOC(=O)C1(C(=O)OCC)C[C@@H]1Cn1cnc2c1CCCC2. The lowest BCUT2D eigenvalue weighted by atomic mass is 10.0. The fraction of sp³-hybridized carbons (Fsp3) is 0.706. The lowest BCUT2D eigenvalue weighted by Gasteiger charge is -2.17. The van der Waals surface area contributed by atoms with Crippen LogP contribution >= 0.6 is 0 Å². The van der Waals surface area contributed by atoms with Crippen molar-refractivity contribution in [3.05, 3.63) is 17.7 Å². The predicted octanol–water partition coefficient (Wildman–Crippen LogP) is 1.89. The number of esters is 2. The number of fused-ring (bicyclic) bond motifs is 1. The van der Waals surface area contributed by atoms with E-state index in [1.165, 1.54) is 18.5 Å². The Morgan fingerprint density at radius 2 is 1.87 bits per heavy atom. The maximum Gasteiger partial charge on any atom is 0.323 e. The van der Waals surface area contributed by atoms with E-state index in [9.17, 15) is 9.59 Å². The van der Waals surface area contributed by atoms with Crippen molar-refractivity contribution in [1.29, 1.82) is 0 Å². The number of nitrogens with zero attached hydrogens (tertiary/aromatic N) is 2. The first-order valence-corrected chi connectivity index (χ1v) is 8.50. The molecule has 6 nitrogen and oxygen atoms in total. The molecule has 1 aromatic rings. The Labute approximate surface area is 136 Å². The zero-order chi connectivity index (χ0) is 16.4. The molecule has 0 aromatic carbocycles. The maximum atomic E-state index is 12.3. The van der Waals surface area contributed by atoms with Gasteiger partial charge in [-0.1, -0.05) is 0 Å². The number of carbonyl (C=O) groups excluding carboxylic acids is 2. The predicted molar refractivity (Wildman–Crippen MR) is 82.7 cm³/mol.